The summed E-state index contributed by atoms with van der Waals surface area (Å²) in [6.45, 7) is 0.548. The Balaban J connectivity index is 5.24. The lowest BCUT2D eigenvalue weighted by Gasteiger charge is -2.15. The number of hydrogen-bond donors (Lipinski definition) is 3. The second-order valence-corrected chi connectivity index (χ2v) is 6.01. The summed E-state index contributed by atoms with van der Waals surface area (Å²) in [6.07, 6.45) is 1.24. The van der Waals surface area contributed by atoms with E-state index in [0.29, 0.717) is 31.4 Å². The molecule has 0 rings (SSSR count). The van der Waals surface area contributed by atoms with Crippen LogP contribution in [-0.2, 0) is 14.9 Å². The van der Waals surface area contributed by atoms with E-state index >= 15 is 0 Å². The van der Waals surface area contributed by atoms with Gasteiger partial charge in [-0.2, -0.15) is 8.42 Å². The maximum Gasteiger partial charge on any atom is 0.269 e. The predicted octanol–water partition coefficient (Wildman–Crippen LogP) is -0.620. The van der Waals surface area contributed by atoms with Crippen molar-refractivity contribution in [2.75, 3.05) is 33.0 Å². The van der Waals surface area contributed by atoms with Gasteiger partial charge in [-0.05, 0) is 33.4 Å². The maximum absolute atomic E-state index is 11.3. The number of primary amides is 1. The number of hydrogen-bond acceptors (Lipinski definition) is 5. The van der Waals surface area contributed by atoms with E-state index in [9.17, 15) is 13.2 Å². The van der Waals surface area contributed by atoms with Crippen molar-refractivity contribution in [3.8, 4) is 0 Å². The topological polar surface area (TPSA) is 121 Å². The third-order valence-electron chi connectivity index (χ3n) is 2.55. The van der Waals surface area contributed by atoms with Gasteiger partial charge in [-0.15, -0.1) is 0 Å². The van der Waals surface area contributed by atoms with Gasteiger partial charge < -0.3 is 15.7 Å². The van der Waals surface area contributed by atoms with E-state index < -0.39 is 21.8 Å². The van der Waals surface area contributed by atoms with E-state index in [2.05, 4.69) is 0 Å². The third kappa shape index (κ3) is 8.71. The van der Waals surface area contributed by atoms with Gasteiger partial charge in [0, 0.05) is 18.7 Å². The second-order valence-electron chi connectivity index (χ2n) is 4.55. The molecule has 8 heteroatoms. The number of aliphatic hydroxyl groups excluding tert-OH is 1. The molecule has 0 spiro atoms. The summed E-state index contributed by atoms with van der Waals surface area (Å²) >= 11 is 0. The Bertz CT molecular complexity index is 428. The minimum atomic E-state index is -4.31. The van der Waals surface area contributed by atoms with Crippen molar-refractivity contribution in [3.05, 3.63) is 11.1 Å². The van der Waals surface area contributed by atoms with Crippen LogP contribution in [0.5, 0.6) is 0 Å². The van der Waals surface area contributed by atoms with E-state index in [1.807, 2.05) is 19.0 Å². The van der Waals surface area contributed by atoms with E-state index in [1.165, 1.54) is 0 Å². The Hall–Kier alpha value is -0.960. The number of nitrogens with two attached hydrogens (primary N) is 1. The highest BCUT2D eigenvalue weighted by atomic mass is 32.2. The first-order valence-electron chi connectivity index (χ1n) is 5.88. The van der Waals surface area contributed by atoms with Gasteiger partial charge in [-0.1, -0.05) is 5.57 Å². The molecule has 0 heterocycles. The van der Waals surface area contributed by atoms with Crippen LogP contribution in [0.4, 0.5) is 0 Å². The molecule has 19 heavy (non-hydrogen) atoms. The molecule has 4 N–H and O–H groups in total. The van der Waals surface area contributed by atoms with E-state index in [1.54, 1.807) is 0 Å². The summed E-state index contributed by atoms with van der Waals surface area (Å²) in [5.41, 5.74) is 5.65. The predicted molar refractivity (Wildman–Crippen MR) is 72.1 cm³/mol. The summed E-state index contributed by atoms with van der Waals surface area (Å²) in [4.78, 5) is 13.2. The van der Waals surface area contributed by atoms with Gasteiger partial charge in [0.05, 0.1) is 0 Å². The van der Waals surface area contributed by atoms with Crippen LogP contribution >= 0.6 is 0 Å². The van der Waals surface area contributed by atoms with Crippen molar-refractivity contribution in [2.45, 2.75) is 19.3 Å². The van der Waals surface area contributed by atoms with Crippen molar-refractivity contribution in [1.29, 1.82) is 0 Å². The molecule has 0 fully saturated rings. The Morgan fingerprint density at radius 3 is 2.21 bits per heavy atom. The summed E-state index contributed by atoms with van der Waals surface area (Å²) in [5, 5.41) is 8.83. The molecule has 112 valence electrons. The number of rotatable bonds is 9. The number of aliphatic hydroxyl groups is 1. The van der Waals surface area contributed by atoms with Gasteiger partial charge in [0.25, 0.3) is 10.1 Å². The first-order valence-corrected chi connectivity index (χ1v) is 7.49. The monoisotopic (exact) mass is 294 g/mol. The molecule has 0 aromatic rings. The quantitative estimate of drug-likeness (QED) is 0.385. The molecule has 1 amide bonds. The van der Waals surface area contributed by atoms with Crippen LogP contribution in [0, 0.1) is 0 Å². The normalized spacial score (nSPS) is 13.5. The molecule has 0 unspecified atom stereocenters. The van der Waals surface area contributed by atoms with Crippen molar-refractivity contribution in [1.82, 2.24) is 4.90 Å². The van der Waals surface area contributed by atoms with Crippen LogP contribution < -0.4 is 5.73 Å². The molecule has 0 atom stereocenters. The van der Waals surface area contributed by atoms with E-state index in [-0.39, 0.29) is 12.2 Å². The van der Waals surface area contributed by atoms with Crippen LogP contribution in [0.1, 0.15) is 19.3 Å². The molecule has 0 bridgehead atoms. The van der Waals surface area contributed by atoms with Crippen LogP contribution in [0.25, 0.3) is 0 Å². The number of nitrogens with zero attached hydrogens (tertiary/aromatic N) is 1. The number of carbonyl (C=O) groups is 1. The molecule has 0 aliphatic rings. The first kappa shape index (κ1) is 18.0. The summed E-state index contributed by atoms with van der Waals surface area (Å²) < 4.78 is 30.7. The fraction of sp³-hybridized carbons (Fsp3) is 0.727. The van der Waals surface area contributed by atoms with Crippen molar-refractivity contribution in [3.63, 3.8) is 0 Å². The lowest BCUT2D eigenvalue weighted by molar-refractivity contribution is -0.114. The van der Waals surface area contributed by atoms with Crippen LogP contribution in [0.15, 0.2) is 11.1 Å². The van der Waals surface area contributed by atoms with Gasteiger partial charge >= 0.3 is 0 Å². The molecule has 0 saturated carbocycles. The highest BCUT2D eigenvalue weighted by molar-refractivity contribution is 7.86. The molecule has 0 aliphatic carbocycles. The summed E-state index contributed by atoms with van der Waals surface area (Å²) in [7, 11) is -0.625. The molecule has 0 saturated heterocycles. The molecule has 0 radical (unpaired) electrons. The van der Waals surface area contributed by atoms with Crippen LogP contribution in [0.2, 0.25) is 0 Å². The SMILES string of the molecule is CN(C)CCC(CCCO)=C(CS(=O)(=O)O)C(N)=O. The van der Waals surface area contributed by atoms with Gasteiger partial charge in [0.2, 0.25) is 5.91 Å². The van der Waals surface area contributed by atoms with Gasteiger partial charge in [0.1, 0.15) is 5.75 Å². The van der Waals surface area contributed by atoms with Crippen LogP contribution in [-0.4, -0.2) is 61.9 Å². The molecule has 0 aromatic carbocycles. The Labute approximate surface area is 113 Å². The third-order valence-corrected chi connectivity index (χ3v) is 3.20. The standard InChI is InChI=1S/C11H22N2O5S/c1-13(2)6-5-9(4-3-7-14)10(11(12)15)8-19(16,17)18/h14H,3-8H2,1-2H3,(H2,12,15)(H,16,17,18). The molecular weight excluding hydrogens is 272 g/mol. The minimum absolute atomic E-state index is 0.0661. The average Bonchev–Trinajstić information content (AvgIpc) is 2.25. The highest BCUT2D eigenvalue weighted by Gasteiger charge is 2.19. The van der Waals surface area contributed by atoms with Crippen molar-refractivity contribution < 1.29 is 22.9 Å². The number of amides is 1. The molecule has 0 aliphatic heterocycles. The fourth-order valence-corrected chi connectivity index (χ4v) is 2.32. The second kappa shape index (κ2) is 8.26. The van der Waals surface area contributed by atoms with Gasteiger partial charge in [-0.25, -0.2) is 0 Å². The fourth-order valence-electron chi connectivity index (χ4n) is 1.61. The maximum atomic E-state index is 11.3. The minimum Gasteiger partial charge on any atom is -0.396 e. The Morgan fingerprint density at radius 1 is 1.26 bits per heavy atom. The zero-order valence-corrected chi connectivity index (χ0v) is 12.1. The van der Waals surface area contributed by atoms with Gasteiger partial charge in [0.15, 0.2) is 0 Å². The summed E-state index contributed by atoms with van der Waals surface area (Å²) in [6, 6.07) is 0. The average molecular weight is 294 g/mol. The zero-order chi connectivity index (χ0) is 15.1. The lowest BCUT2D eigenvalue weighted by atomic mass is 10.0. The first-order chi connectivity index (χ1) is 8.67. The smallest absolute Gasteiger partial charge is 0.269 e. The zero-order valence-electron chi connectivity index (χ0n) is 11.3. The molecule has 7 nitrogen and oxygen atoms in total. The lowest BCUT2D eigenvalue weighted by Crippen LogP contribution is -2.24. The summed E-state index contributed by atoms with van der Waals surface area (Å²) in [5.74, 6) is -1.64. The molecule has 0 aromatic heterocycles. The van der Waals surface area contributed by atoms with Crippen molar-refractivity contribution in [2.24, 2.45) is 5.73 Å². The Morgan fingerprint density at radius 2 is 1.84 bits per heavy atom. The van der Waals surface area contributed by atoms with E-state index in [4.69, 9.17) is 15.4 Å². The molecular formula is C11H22N2O5S. The highest BCUT2D eigenvalue weighted by Crippen LogP contribution is 2.17. The number of carbonyl (C=O) groups excluding carboxylic acids is 1. The van der Waals surface area contributed by atoms with Crippen LogP contribution in [0.3, 0.4) is 0 Å². The largest absolute Gasteiger partial charge is 0.396 e. The van der Waals surface area contributed by atoms with Gasteiger partial charge in [-0.3, -0.25) is 9.35 Å². The van der Waals surface area contributed by atoms with E-state index in [0.717, 1.165) is 0 Å². The van der Waals surface area contributed by atoms with Crippen molar-refractivity contribution >= 4 is 16.0 Å². The Kier molecular flexibility index (Phi) is 7.84.